The number of nitrogens with zero attached hydrogens (tertiary/aromatic N) is 2. The number of amides is 2. The molecular weight excluding hydrogens is 442 g/mol. The average molecular weight is 464 g/mol. The predicted octanol–water partition coefficient (Wildman–Crippen LogP) is 3.94. The molecule has 3 N–H and O–H groups in total. The Bertz CT molecular complexity index is 1210. The smallest absolute Gasteiger partial charge is 0.251 e. The predicted molar refractivity (Wildman–Crippen MR) is 126 cm³/mol. The molecule has 3 heterocycles. The van der Waals surface area contributed by atoms with E-state index >= 15 is 0 Å². The van der Waals surface area contributed by atoms with E-state index in [0.717, 1.165) is 36.3 Å². The van der Waals surface area contributed by atoms with Gasteiger partial charge in [-0.2, -0.15) is 0 Å². The third kappa shape index (κ3) is 4.81. The van der Waals surface area contributed by atoms with E-state index in [1.807, 2.05) is 6.07 Å². The van der Waals surface area contributed by atoms with Crippen LogP contribution in [-0.2, 0) is 16.0 Å². The van der Waals surface area contributed by atoms with Crippen molar-refractivity contribution in [1.29, 1.82) is 0 Å². The Morgan fingerprint density at radius 2 is 2.06 bits per heavy atom. The van der Waals surface area contributed by atoms with Gasteiger partial charge in [-0.25, -0.2) is 9.97 Å². The highest BCUT2D eigenvalue weighted by Gasteiger charge is 2.21. The number of benzene rings is 2. The number of hydrogen-bond donors (Lipinski definition) is 3. The van der Waals surface area contributed by atoms with Crippen molar-refractivity contribution in [2.75, 3.05) is 23.8 Å². The number of ether oxygens (including phenoxy) is 1. The number of aromatic nitrogens is 2. The Kier molecular flexibility index (Phi) is 5.93. The molecule has 1 atom stereocenters. The lowest BCUT2D eigenvalue weighted by Gasteiger charge is -2.12. The van der Waals surface area contributed by atoms with Gasteiger partial charge in [0.15, 0.2) is 0 Å². The first-order valence-corrected chi connectivity index (χ1v) is 11.2. The minimum Gasteiger partial charge on any atom is -0.376 e. The lowest BCUT2D eigenvalue weighted by atomic mass is 10.1. The number of halogens is 1. The molecule has 33 heavy (non-hydrogen) atoms. The second kappa shape index (κ2) is 9.17. The lowest BCUT2D eigenvalue weighted by Crippen LogP contribution is -2.31. The van der Waals surface area contributed by atoms with Crippen LogP contribution in [0.15, 0.2) is 48.7 Å². The summed E-state index contributed by atoms with van der Waals surface area (Å²) in [7, 11) is 0. The fourth-order valence-corrected chi connectivity index (χ4v) is 4.14. The maximum absolute atomic E-state index is 12.4. The molecule has 1 fully saturated rings. The summed E-state index contributed by atoms with van der Waals surface area (Å²) < 4.78 is 5.54. The molecule has 2 aliphatic rings. The fraction of sp³-hybridized carbons (Fsp3) is 0.250. The van der Waals surface area contributed by atoms with Crippen LogP contribution in [0.5, 0.6) is 0 Å². The van der Waals surface area contributed by atoms with E-state index in [0.29, 0.717) is 34.5 Å². The molecule has 2 aliphatic heterocycles. The fourth-order valence-electron chi connectivity index (χ4n) is 3.97. The standard InChI is InChI=1S/C24H22ClN5O3/c25-16-5-8-19-20(11-16)29-21(31)10-15-12-27-24(30-22(15)19)28-17-6-3-14(4-7-17)23(32)26-13-18-2-1-9-33-18/h3-8,11-12,18H,1-2,9-10,13H2,(H,26,32)(H,29,31)(H,27,28,30). The molecule has 3 aromatic rings. The Morgan fingerprint density at radius 3 is 2.85 bits per heavy atom. The molecular formula is C24H22ClN5O3. The normalized spacial score (nSPS) is 16.9. The van der Waals surface area contributed by atoms with E-state index in [1.165, 1.54) is 0 Å². The Morgan fingerprint density at radius 1 is 1.21 bits per heavy atom. The summed E-state index contributed by atoms with van der Waals surface area (Å²) in [4.78, 5) is 33.6. The van der Waals surface area contributed by atoms with Gasteiger partial charge in [0.05, 0.1) is 23.9 Å². The molecule has 1 aromatic heterocycles. The summed E-state index contributed by atoms with van der Waals surface area (Å²) in [6.45, 7) is 1.28. The van der Waals surface area contributed by atoms with Crippen molar-refractivity contribution in [3.8, 4) is 11.3 Å². The zero-order valence-corrected chi connectivity index (χ0v) is 18.5. The van der Waals surface area contributed by atoms with Crippen LogP contribution in [0.4, 0.5) is 17.3 Å². The molecule has 0 aliphatic carbocycles. The lowest BCUT2D eigenvalue weighted by molar-refractivity contribution is -0.115. The molecule has 1 saturated heterocycles. The second-order valence-corrected chi connectivity index (χ2v) is 8.47. The number of carbonyl (C=O) groups is 2. The number of rotatable bonds is 5. The van der Waals surface area contributed by atoms with Crippen LogP contribution in [0.2, 0.25) is 5.02 Å². The van der Waals surface area contributed by atoms with Crippen LogP contribution in [0.3, 0.4) is 0 Å². The highest BCUT2D eigenvalue weighted by atomic mass is 35.5. The van der Waals surface area contributed by atoms with Gasteiger partial charge in [0.2, 0.25) is 11.9 Å². The molecule has 0 saturated carbocycles. The summed E-state index contributed by atoms with van der Waals surface area (Å²) in [5.41, 5.74) is 4.11. The van der Waals surface area contributed by atoms with E-state index in [-0.39, 0.29) is 24.3 Å². The molecule has 0 bridgehead atoms. The third-order valence-corrected chi connectivity index (χ3v) is 5.88. The highest BCUT2D eigenvalue weighted by Crippen LogP contribution is 2.34. The first kappa shape index (κ1) is 21.4. The van der Waals surface area contributed by atoms with Gasteiger partial charge < -0.3 is 20.7 Å². The first-order chi connectivity index (χ1) is 16.0. The van der Waals surface area contributed by atoms with Crippen molar-refractivity contribution in [2.45, 2.75) is 25.4 Å². The number of nitrogens with one attached hydrogen (secondary N) is 3. The van der Waals surface area contributed by atoms with Crippen molar-refractivity contribution >= 4 is 40.7 Å². The maximum Gasteiger partial charge on any atom is 0.251 e. The summed E-state index contributed by atoms with van der Waals surface area (Å²) in [6.07, 6.45) is 3.95. The molecule has 168 valence electrons. The van der Waals surface area contributed by atoms with Gasteiger partial charge in [0, 0.05) is 46.7 Å². The molecule has 8 nitrogen and oxygen atoms in total. The minimum absolute atomic E-state index is 0.104. The molecule has 0 spiro atoms. The van der Waals surface area contributed by atoms with Gasteiger partial charge in [-0.3, -0.25) is 9.59 Å². The zero-order valence-electron chi connectivity index (χ0n) is 17.7. The molecule has 1 unspecified atom stereocenters. The van der Waals surface area contributed by atoms with E-state index < -0.39 is 0 Å². The summed E-state index contributed by atoms with van der Waals surface area (Å²) in [5, 5.41) is 9.48. The van der Waals surface area contributed by atoms with Crippen molar-refractivity contribution < 1.29 is 14.3 Å². The average Bonchev–Trinajstić information content (AvgIpc) is 3.28. The Labute approximate surface area is 195 Å². The molecule has 2 amide bonds. The van der Waals surface area contributed by atoms with Crippen molar-refractivity contribution in [3.63, 3.8) is 0 Å². The monoisotopic (exact) mass is 463 g/mol. The van der Waals surface area contributed by atoms with Crippen LogP contribution < -0.4 is 16.0 Å². The summed E-state index contributed by atoms with van der Waals surface area (Å²) in [5.74, 6) is 0.111. The highest BCUT2D eigenvalue weighted by molar-refractivity contribution is 6.31. The minimum atomic E-state index is -0.144. The van der Waals surface area contributed by atoms with Crippen LogP contribution in [0.25, 0.3) is 11.3 Å². The van der Waals surface area contributed by atoms with E-state index in [2.05, 4.69) is 25.9 Å². The van der Waals surface area contributed by atoms with Crippen LogP contribution >= 0.6 is 11.6 Å². The first-order valence-electron chi connectivity index (χ1n) is 10.8. The largest absolute Gasteiger partial charge is 0.376 e. The van der Waals surface area contributed by atoms with Crippen LogP contribution in [0, 0.1) is 0 Å². The number of hydrogen-bond acceptors (Lipinski definition) is 6. The van der Waals surface area contributed by atoms with Gasteiger partial charge in [-0.05, 0) is 55.3 Å². The molecule has 9 heteroatoms. The van der Waals surface area contributed by atoms with Gasteiger partial charge >= 0.3 is 0 Å². The maximum atomic E-state index is 12.4. The Balaban J connectivity index is 1.32. The molecule has 0 radical (unpaired) electrons. The van der Waals surface area contributed by atoms with Gasteiger partial charge in [0.25, 0.3) is 5.91 Å². The van der Waals surface area contributed by atoms with Crippen molar-refractivity contribution in [1.82, 2.24) is 15.3 Å². The number of fused-ring (bicyclic) bond motifs is 3. The van der Waals surface area contributed by atoms with Crippen LogP contribution in [0.1, 0.15) is 28.8 Å². The van der Waals surface area contributed by atoms with E-state index in [4.69, 9.17) is 16.3 Å². The topological polar surface area (TPSA) is 105 Å². The number of carbonyl (C=O) groups excluding carboxylic acids is 2. The third-order valence-electron chi connectivity index (χ3n) is 5.64. The van der Waals surface area contributed by atoms with Gasteiger partial charge in [-0.1, -0.05) is 11.6 Å². The van der Waals surface area contributed by atoms with Crippen molar-refractivity contribution in [2.24, 2.45) is 0 Å². The zero-order chi connectivity index (χ0) is 22.8. The van der Waals surface area contributed by atoms with E-state index in [1.54, 1.807) is 42.6 Å². The second-order valence-electron chi connectivity index (χ2n) is 8.03. The molecule has 5 rings (SSSR count). The van der Waals surface area contributed by atoms with Crippen molar-refractivity contribution in [3.05, 3.63) is 64.8 Å². The van der Waals surface area contributed by atoms with Gasteiger partial charge in [0.1, 0.15) is 0 Å². The Hall–Kier alpha value is -3.49. The van der Waals surface area contributed by atoms with Crippen LogP contribution in [-0.4, -0.2) is 41.0 Å². The SMILES string of the molecule is O=C1Cc2cnc(Nc3ccc(C(=O)NCC4CCCO4)cc3)nc2-c2ccc(Cl)cc2N1. The number of anilines is 3. The summed E-state index contributed by atoms with van der Waals surface area (Å²) in [6, 6.07) is 12.4. The van der Waals surface area contributed by atoms with E-state index in [9.17, 15) is 9.59 Å². The van der Waals surface area contributed by atoms with Gasteiger partial charge in [-0.15, -0.1) is 0 Å². The quantitative estimate of drug-likeness (QED) is 0.529. The summed E-state index contributed by atoms with van der Waals surface area (Å²) >= 11 is 6.10. The molecule has 2 aromatic carbocycles.